The van der Waals surface area contributed by atoms with Crippen LogP contribution in [0, 0.1) is 0 Å². The largest absolute Gasteiger partial charge is 0.481 e. The minimum atomic E-state index is -3.23. The van der Waals surface area contributed by atoms with Crippen molar-refractivity contribution in [2.24, 2.45) is 0 Å². The Balaban J connectivity index is 1.36. The summed E-state index contributed by atoms with van der Waals surface area (Å²) in [5.74, 6) is 0.529. The normalized spacial score (nSPS) is 18.3. The van der Waals surface area contributed by atoms with Crippen LogP contribution >= 0.6 is 0 Å². The summed E-state index contributed by atoms with van der Waals surface area (Å²) in [6, 6.07) is 10.0. The van der Waals surface area contributed by atoms with E-state index >= 15 is 0 Å². The highest BCUT2D eigenvalue weighted by molar-refractivity contribution is 7.88. The molecule has 3 aromatic heterocycles. The van der Waals surface area contributed by atoms with Crippen LogP contribution < -0.4 is 4.74 Å². The number of sulfonamides is 1. The van der Waals surface area contributed by atoms with E-state index in [1.165, 1.54) is 6.26 Å². The van der Waals surface area contributed by atoms with Crippen LogP contribution in [-0.2, 0) is 16.4 Å². The second-order valence-electron chi connectivity index (χ2n) is 9.23. The van der Waals surface area contributed by atoms with Crippen molar-refractivity contribution < 1.29 is 13.2 Å². The molecule has 184 valence electrons. The predicted molar refractivity (Wildman–Crippen MR) is 137 cm³/mol. The van der Waals surface area contributed by atoms with Gasteiger partial charge in [-0.15, -0.1) is 0 Å². The van der Waals surface area contributed by atoms with Gasteiger partial charge in [-0.3, -0.25) is 4.98 Å². The van der Waals surface area contributed by atoms with Crippen LogP contribution in [0.15, 0.2) is 55.1 Å². The van der Waals surface area contributed by atoms with Crippen LogP contribution in [0.5, 0.6) is 5.88 Å². The van der Waals surface area contributed by atoms with E-state index in [1.807, 2.05) is 24.5 Å². The third-order valence-corrected chi connectivity index (χ3v) is 8.22. The van der Waals surface area contributed by atoms with Crippen LogP contribution in [0.4, 0.5) is 0 Å². The number of ether oxygens (including phenoxy) is 1. The van der Waals surface area contributed by atoms with E-state index < -0.39 is 10.0 Å². The molecular weight excluding hydrogens is 476 g/mol. The van der Waals surface area contributed by atoms with Crippen molar-refractivity contribution in [1.82, 2.24) is 28.8 Å². The summed E-state index contributed by atoms with van der Waals surface area (Å²) < 4.78 is 33.2. The van der Waals surface area contributed by atoms with E-state index in [2.05, 4.69) is 37.7 Å². The molecule has 0 radical (unpaired) electrons. The van der Waals surface area contributed by atoms with E-state index in [4.69, 9.17) is 9.72 Å². The fraction of sp³-hybridized carbons (Fsp3) is 0.308. The number of fused-ring (bicyclic) bond motifs is 2. The maximum absolute atomic E-state index is 12.1. The lowest BCUT2D eigenvalue weighted by Crippen LogP contribution is -2.39. The predicted octanol–water partition coefficient (Wildman–Crippen LogP) is 3.48. The lowest BCUT2D eigenvalue weighted by Gasteiger charge is -2.32. The van der Waals surface area contributed by atoms with Crippen LogP contribution in [0.2, 0.25) is 0 Å². The van der Waals surface area contributed by atoms with Crippen LogP contribution in [-0.4, -0.2) is 63.7 Å². The molecule has 0 saturated carbocycles. The van der Waals surface area contributed by atoms with Gasteiger partial charge in [-0.25, -0.2) is 27.7 Å². The Morgan fingerprint density at radius 3 is 2.81 bits per heavy atom. The fourth-order valence-corrected chi connectivity index (χ4v) is 5.99. The summed E-state index contributed by atoms with van der Waals surface area (Å²) in [5, 5.41) is 0. The van der Waals surface area contributed by atoms with Gasteiger partial charge in [0.05, 0.1) is 54.0 Å². The van der Waals surface area contributed by atoms with Gasteiger partial charge in [-0.05, 0) is 36.6 Å². The van der Waals surface area contributed by atoms with Crippen molar-refractivity contribution in [3.8, 4) is 17.1 Å². The Hall–Kier alpha value is -3.63. The van der Waals surface area contributed by atoms with E-state index in [9.17, 15) is 8.42 Å². The van der Waals surface area contributed by atoms with E-state index in [0.717, 1.165) is 64.1 Å². The summed E-state index contributed by atoms with van der Waals surface area (Å²) in [6.45, 7) is 1.03. The first-order valence-corrected chi connectivity index (χ1v) is 13.7. The Labute approximate surface area is 209 Å². The number of nitrogens with zero attached hydrogens (tertiary/aromatic N) is 6. The topological polar surface area (TPSA) is 103 Å². The molecule has 0 amide bonds. The SMILES string of the molecule is COc1cc(-c2cnc3c(n2)C(c2ccc4ncn(C5CCCN(S(C)(=O)=O)C5)c4c2)=CC3)ccn1. The van der Waals surface area contributed by atoms with E-state index in [-0.39, 0.29) is 6.04 Å². The highest BCUT2D eigenvalue weighted by Crippen LogP contribution is 2.34. The number of pyridine rings is 1. The molecule has 0 bridgehead atoms. The van der Waals surface area contributed by atoms with Crippen molar-refractivity contribution in [3.05, 3.63) is 72.1 Å². The summed E-state index contributed by atoms with van der Waals surface area (Å²) in [7, 11) is -1.63. The quantitative estimate of drug-likeness (QED) is 0.412. The van der Waals surface area contributed by atoms with Gasteiger partial charge in [0.25, 0.3) is 0 Å². The summed E-state index contributed by atoms with van der Waals surface area (Å²) in [5.41, 5.74) is 7.42. The summed E-state index contributed by atoms with van der Waals surface area (Å²) in [6.07, 6.45) is 11.2. The van der Waals surface area contributed by atoms with Gasteiger partial charge in [0.1, 0.15) is 0 Å². The molecule has 36 heavy (non-hydrogen) atoms. The number of rotatable bonds is 5. The van der Waals surface area contributed by atoms with E-state index in [0.29, 0.717) is 19.0 Å². The van der Waals surface area contributed by atoms with Crippen molar-refractivity contribution in [2.75, 3.05) is 26.5 Å². The molecule has 2 aliphatic rings. The zero-order valence-corrected chi connectivity index (χ0v) is 20.9. The number of allylic oxidation sites excluding steroid dienone is 1. The molecule has 6 rings (SSSR count). The van der Waals surface area contributed by atoms with E-state index in [1.54, 1.807) is 23.8 Å². The molecule has 1 fully saturated rings. The van der Waals surface area contributed by atoms with Crippen molar-refractivity contribution in [1.29, 1.82) is 0 Å². The molecule has 4 aromatic rings. The molecule has 1 atom stereocenters. The number of imidazole rings is 1. The lowest BCUT2D eigenvalue weighted by molar-refractivity contribution is 0.271. The second-order valence-corrected chi connectivity index (χ2v) is 11.2. The number of benzene rings is 1. The Bertz CT molecular complexity index is 1610. The van der Waals surface area contributed by atoms with Gasteiger partial charge in [0.2, 0.25) is 15.9 Å². The van der Waals surface area contributed by atoms with Gasteiger partial charge in [0, 0.05) is 49.0 Å². The Morgan fingerprint density at radius 2 is 1.97 bits per heavy atom. The molecule has 0 spiro atoms. The first-order chi connectivity index (χ1) is 17.4. The fourth-order valence-electron chi connectivity index (χ4n) is 5.08. The second kappa shape index (κ2) is 8.79. The Morgan fingerprint density at radius 1 is 1.08 bits per heavy atom. The molecule has 9 nitrogen and oxygen atoms in total. The maximum atomic E-state index is 12.1. The summed E-state index contributed by atoms with van der Waals surface area (Å²) in [4.78, 5) is 18.4. The first kappa shape index (κ1) is 22.8. The third kappa shape index (κ3) is 4.06. The van der Waals surface area contributed by atoms with Gasteiger partial charge in [0.15, 0.2) is 0 Å². The number of aromatic nitrogens is 5. The van der Waals surface area contributed by atoms with Crippen LogP contribution in [0.3, 0.4) is 0 Å². The molecule has 1 saturated heterocycles. The molecule has 10 heteroatoms. The van der Waals surface area contributed by atoms with Gasteiger partial charge in [-0.1, -0.05) is 12.1 Å². The highest BCUT2D eigenvalue weighted by atomic mass is 32.2. The summed E-state index contributed by atoms with van der Waals surface area (Å²) >= 11 is 0. The zero-order chi connectivity index (χ0) is 24.9. The van der Waals surface area contributed by atoms with Gasteiger partial charge >= 0.3 is 0 Å². The molecule has 0 N–H and O–H groups in total. The van der Waals surface area contributed by atoms with Gasteiger partial charge < -0.3 is 9.30 Å². The Kier molecular flexibility index (Phi) is 5.57. The monoisotopic (exact) mass is 502 g/mol. The van der Waals surface area contributed by atoms with Crippen LogP contribution in [0.25, 0.3) is 27.9 Å². The minimum Gasteiger partial charge on any atom is -0.481 e. The minimum absolute atomic E-state index is 0.0478. The lowest BCUT2D eigenvalue weighted by atomic mass is 10.0. The van der Waals surface area contributed by atoms with Crippen molar-refractivity contribution in [2.45, 2.75) is 25.3 Å². The van der Waals surface area contributed by atoms with Crippen molar-refractivity contribution in [3.63, 3.8) is 0 Å². The average Bonchev–Trinajstić information content (AvgIpc) is 3.52. The van der Waals surface area contributed by atoms with Crippen molar-refractivity contribution >= 4 is 26.6 Å². The molecular formula is C26H26N6O3S. The number of methoxy groups -OCH3 is 1. The molecule has 4 heterocycles. The molecule has 1 aliphatic heterocycles. The third-order valence-electron chi connectivity index (χ3n) is 6.95. The number of piperidine rings is 1. The zero-order valence-electron chi connectivity index (χ0n) is 20.1. The molecule has 1 aliphatic carbocycles. The maximum Gasteiger partial charge on any atom is 0.213 e. The van der Waals surface area contributed by atoms with Gasteiger partial charge in [-0.2, -0.15) is 0 Å². The average molecular weight is 503 g/mol. The standard InChI is InChI=1S/C26H26N6O3S/c1-35-25-13-18(9-10-27-25)23-14-28-22-8-6-20(26(22)30-23)17-5-7-21-24(12-17)32(16-29-21)19-4-3-11-31(15-19)36(2,33)34/h5-7,9-10,12-14,16,19H,3-4,8,11,15H2,1-2H3. The molecule has 1 aromatic carbocycles. The van der Waals surface area contributed by atoms with Crippen LogP contribution in [0.1, 0.15) is 35.8 Å². The first-order valence-electron chi connectivity index (χ1n) is 11.9. The number of hydrogen-bond donors (Lipinski definition) is 0. The molecule has 1 unspecified atom stereocenters. The smallest absolute Gasteiger partial charge is 0.213 e. The number of hydrogen-bond acceptors (Lipinski definition) is 7. The highest BCUT2D eigenvalue weighted by Gasteiger charge is 2.28.